The minimum atomic E-state index is 0.350. The molecule has 0 aliphatic carbocycles. The molecule has 1 aromatic carbocycles. The van der Waals surface area contributed by atoms with E-state index in [1.54, 1.807) is 7.05 Å². The molecule has 0 bridgehead atoms. The van der Waals surface area contributed by atoms with Crippen LogP contribution in [0.1, 0.15) is 18.9 Å². The lowest BCUT2D eigenvalue weighted by Crippen LogP contribution is -2.06. The molecule has 1 N–H and O–H groups in total. The Morgan fingerprint density at radius 3 is 3.00 bits per heavy atom. The Bertz CT molecular complexity index is 646. The number of fused-ring (bicyclic) bond motifs is 1. The second-order valence-electron chi connectivity index (χ2n) is 4.78. The lowest BCUT2D eigenvalue weighted by atomic mass is 10.1. The van der Waals surface area contributed by atoms with E-state index in [1.165, 1.54) is 5.56 Å². The zero-order valence-electron chi connectivity index (χ0n) is 12.2. The number of hydrogen-bond donors (Lipinski definition) is 1. The number of ether oxygens (including phenoxy) is 2. The lowest BCUT2D eigenvalue weighted by Gasteiger charge is -2.08. The normalized spacial score (nSPS) is 12.7. The van der Waals surface area contributed by atoms with Crippen molar-refractivity contribution in [1.29, 1.82) is 0 Å². The summed E-state index contributed by atoms with van der Waals surface area (Å²) in [7, 11) is 1.78. The number of hydrogen-bond acceptors (Lipinski definition) is 6. The van der Waals surface area contributed by atoms with E-state index in [1.807, 2.05) is 19.1 Å². The second-order valence-corrected chi connectivity index (χ2v) is 4.78. The van der Waals surface area contributed by atoms with Gasteiger partial charge >= 0.3 is 6.01 Å². The third kappa shape index (κ3) is 2.89. The highest BCUT2D eigenvalue weighted by Crippen LogP contribution is 2.29. The van der Waals surface area contributed by atoms with Crippen molar-refractivity contribution in [3.8, 4) is 23.1 Å². The van der Waals surface area contributed by atoms with Gasteiger partial charge in [-0.3, -0.25) is 0 Å². The van der Waals surface area contributed by atoms with Gasteiger partial charge in [0.05, 0.1) is 13.2 Å². The standard InChI is InChI=1S/C15H18N4O2/c1-3-7-21-15-18-13(17-14(16-2)19-15)11-4-5-12-10(9-11)6-8-20-12/h4-5,9H,3,6-8H2,1-2H3,(H,16,17,18,19). The van der Waals surface area contributed by atoms with Gasteiger partial charge in [-0.2, -0.15) is 15.0 Å². The van der Waals surface area contributed by atoms with Gasteiger partial charge in [0.25, 0.3) is 0 Å². The Kier molecular flexibility index (Phi) is 3.85. The molecule has 2 heterocycles. The van der Waals surface area contributed by atoms with E-state index >= 15 is 0 Å². The summed E-state index contributed by atoms with van der Waals surface area (Å²) in [6, 6.07) is 6.35. The number of benzene rings is 1. The Morgan fingerprint density at radius 2 is 2.19 bits per heavy atom. The average Bonchev–Trinajstić information content (AvgIpc) is 3.00. The van der Waals surface area contributed by atoms with Crippen molar-refractivity contribution in [3.63, 3.8) is 0 Å². The van der Waals surface area contributed by atoms with Crippen LogP contribution in [-0.2, 0) is 6.42 Å². The quantitative estimate of drug-likeness (QED) is 0.909. The molecule has 0 radical (unpaired) electrons. The number of nitrogens with zero attached hydrogens (tertiary/aromatic N) is 3. The van der Waals surface area contributed by atoms with E-state index in [0.29, 0.717) is 24.4 Å². The summed E-state index contributed by atoms with van der Waals surface area (Å²) in [5.74, 6) is 2.06. The molecule has 0 atom stereocenters. The van der Waals surface area contributed by atoms with Gasteiger partial charge in [-0.1, -0.05) is 6.92 Å². The Morgan fingerprint density at radius 1 is 1.29 bits per heavy atom. The van der Waals surface area contributed by atoms with Crippen LogP contribution in [0.5, 0.6) is 11.8 Å². The van der Waals surface area contributed by atoms with Crippen molar-refractivity contribution < 1.29 is 9.47 Å². The van der Waals surface area contributed by atoms with E-state index in [4.69, 9.17) is 9.47 Å². The van der Waals surface area contributed by atoms with Gasteiger partial charge < -0.3 is 14.8 Å². The van der Waals surface area contributed by atoms with Crippen molar-refractivity contribution >= 4 is 5.95 Å². The van der Waals surface area contributed by atoms with Crippen LogP contribution in [0.2, 0.25) is 0 Å². The van der Waals surface area contributed by atoms with Gasteiger partial charge in [0.1, 0.15) is 5.75 Å². The largest absolute Gasteiger partial charge is 0.493 e. The van der Waals surface area contributed by atoms with Gasteiger partial charge in [-0.15, -0.1) is 0 Å². The monoisotopic (exact) mass is 286 g/mol. The maximum atomic E-state index is 5.53. The summed E-state index contributed by atoms with van der Waals surface area (Å²) in [5.41, 5.74) is 2.13. The SMILES string of the molecule is CCCOc1nc(NC)nc(-c2ccc3c(c2)CCO3)n1. The summed E-state index contributed by atoms with van der Waals surface area (Å²) in [6.07, 6.45) is 1.83. The van der Waals surface area contributed by atoms with Crippen LogP contribution in [0.4, 0.5) is 5.95 Å². The Hall–Kier alpha value is -2.37. The van der Waals surface area contributed by atoms with Gasteiger partial charge in [-0.05, 0) is 30.2 Å². The van der Waals surface area contributed by atoms with Gasteiger partial charge in [0.2, 0.25) is 5.95 Å². The first-order valence-corrected chi connectivity index (χ1v) is 7.13. The summed E-state index contributed by atoms with van der Waals surface area (Å²) >= 11 is 0. The predicted octanol–water partition coefficient (Wildman–Crippen LogP) is 2.30. The highest BCUT2D eigenvalue weighted by molar-refractivity contribution is 5.60. The molecule has 2 aromatic rings. The summed E-state index contributed by atoms with van der Waals surface area (Å²) < 4.78 is 11.0. The van der Waals surface area contributed by atoms with Crippen LogP contribution >= 0.6 is 0 Å². The zero-order chi connectivity index (χ0) is 14.7. The van der Waals surface area contributed by atoms with Crippen LogP contribution in [0.25, 0.3) is 11.4 Å². The predicted molar refractivity (Wildman–Crippen MR) is 79.8 cm³/mol. The molecule has 6 heteroatoms. The fourth-order valence-electron chi connectivity index (χ4n) is 2.18. The van der Waals surface area contributed by atoms with Crippen molar-refractivity contribution in [2.24, 2.45) is 0 Å². The first-order valence-electron chi connectivity index (χ1n) is 7.13. The maximum Gasteiger partial charge on any atom is 0.321 e. The number of aromatic nitrogens is 3. The average molecular weight is 286 g/mol. The molecule has 0 fully saturated rings. The number of nitrogens with one attached hydrogen (secondary N) is 1. The third-order valence-electron chi connectivity index (χ3n) is 3.22. The van der Waals surface area contributed by atoms with Crippen LogP contribution < -0.4 is 14.8 Å². The smallest absolute Gasteiger partial charge is 0.321 e. The fourth-order valence-corrected chi connectivity index (χ4v) is 2.18. The molecule has 0 spiro atoms. The molecule has 1 aliphatic rings. The molecular formula is C15H18N4O2. The van der Waals surface area contributed by atoms with Crippen LogP contribution in [0, 0.1) is 0 Å². The molecule has 1 aliphatic heterocycles. The fraction of sp³-hybridized carbons (Fsp3) is 0.400. The first kappa shape index (κ1) is 13.6. The molecule has 0 unspecified atom stereocenters. The summed E-state index contributed by atoms with van der Waals surface area (Å²) in [6.45, 7) is 3.37. The molecule has 110 valence electrons. The van der Waals surface area contributed by atoms with E-state index in [-0.39, 0.29) is 0 Å². The second kappa shape index (κ2) is 5.95. The molecule has 3 rings (SSSR count). The van der Waals surface area contributed by atoms with Crippen LogP contribution in [0.3, 0.4) is 0 Å². The molecule has 1 aromatic heterocycles. The third-order valence-corrected chi connectivity index (χ3v) is 3.22. The molecule has 0 amide bonds. The Balaban J connectivity index is 1.96. The highest BCUT2D eigenvalue weighted by Gasteiger charge is 2.15. The topological polar surface area (TPSA) is 69.2 Å². The minimum absolute atomic E-state index is 0.350. The summed E-state index contributed by atoms with van der Waals surface area (Å²) in [5, 5.41) is 2.94. The first-order chi connectivity index (χ1) is 10.3. The van der Waals surface area contributed by atoms with Gasteiger partial charge in [0, 0.05) is 19.0 Å². The van der Waals surface area contributed by atoms with Crippen LogP contribution in [-0.4, -0.2) is 35.2 Å². The molecule has 6 nitrogen and oxygen atoms in total. The van der Waals surface area contributed by atoms with Crippen molar-refractivity contribution in [3.05, 3.63) is 23.8 Å². The van der Waals surface area contributed by atoms with E-state index in [0.717, 1.165) is 30.8 Å². The Labute approximate surface area is 123 Å². The molecule has 0 saturated heterocycles. The maximum absolute atomic E-state index is 5.53. The number of rotatable bonds is 5. The van der Waals surface area contributed by atoms with Crippen LogP contribution in [0.15, 0.2) is 18.2 Å². The van der Waals surface area contributed by atoms with Crippen molar-refractivity contribution in [1.82, 2.24) is 15.0 Å². The molecule has 0 saturated carbocycles. The lowest BCUT2D eigenvalue weighted by molar-refractivity contribution is 0.292. The zero-order valence-corrected chi connectivity index (χ0v) is 12.2. The van der Waals surface area contributed by atoms with E-state index < -0.39 is 0 Å². The molecule has 21 heavy (non-hydrogen) atoms. The van der Waals surface area contributed by atoms with E-state index in [9.17, 15) is 0 Å². The van der Waals surface area contributed by atoms with Crippen molar-refractivity contribution in [2.75, 3.05) is 25.6 Å². The molecular weight excluding hydrogens is 268 g/mol. The van der Waals surface area contributed by atoms with Gasteiger partial charge in [0.15, 0.2) is 5.82 Å². The number of anilines is 1. The summed E-state index contributed by atoms with van der Waals surface area (Å²) in [4.78, 5) is 13.0. The minimum Gasteiger partial charge on any atom is -0.493 e. The van der Waals surface area contributed by atoms with Crippen molar-refractivity contribution in [2.45, 2.75) is 19.8 Å². The highest BCUT2D eigenvalue weighted by atomic mass is 16.5. The van der Waals surface area contributed by atoms with Gasteiger partial charge in [-0.25, -0.2) is 0 Å². The van der Waals surface area contributed by atoms with E-state index in [2.05, 4.69) is 26.3 Å².